The fraction of sp³-hybridized carbons (Fsp3) is 0.733. The maximum Gasteiger partial charge on any atom is 0.0254 e. The van der Waals surface area contributed by atoms with Gasteiger partial charge in [0.25, 0.3) is 0 Å². The van der Waals surface area contributed by atoms with Crippen molar-refractivity contribution in [2.45, 2.75) is 19.4 Å². The van der Waals surface area contributed by atoms with Crippen molar-refractivity contribution in [1.82, 2.24) is 15.1 Å². The largest absolute Gasteiger partial charge is 0.315 e. The molecule has 0 saturated carbocycles. The molecule has 2 rings (SSSR count). The van der Waals surface area contributed by atoms with Crippen LogP contribution in [-0.2, 0) is 6.42 Å². The zero-order chi connectivity index (χ0) is 13.7. The first-order valence-electron chi connectivity index (χ1n) is 7.27. The molecule has 19 heavy (non-hydrogen) atoms. The van der Waals surface area contributed by atoms with Crippen molar-refractivity contribution < 1.29 is 0 Å². The predicted molar refractivity (Wildman–Crippen MR) is 84.0 cm³/mol. The molecule has 4 heteroatoms. The average Bonchev–Trinajstić information content (AvgIpc) is 2.98. The second-order valence-electron chi connectivity index (χ2n) is 5.90. The number of thiophene rings is 1. The summed E-state index contributed by atoms with van der Waals surface area (Å²) in [5, 5.41) is 7.96. The number of nitrogens with one attached hydrogen (secondary N) is 1. The first-order valence-corrected chi connectivity index (χ1v) is 8.21. The van der Waals surface area contributed by atoms with E-state index in [9.17, 15) is 0 Å². The summed E-state index contributed by atoms with van der Waals surface area (Å²) in [5.41, 5.74) is 1.46. The molecule has 0 bridgehead atoms. The van der Waals surface area contributed by atoms with Crippen molar-refractivity contribution in [3.63, 3.8) is 0 Å². The van der Waals surface area contributed by atoms with E-state index in [4.69, 9.17) is 0 Å². The van der Waals surface area contributed by atoms with Gasteiger partial charge < -0.3 is 15.1 Å². The summed E-state index contributed by atoms with van der Waals surface area (Å²) in [6.07, 6.45) is 1.15. The Hall–Kier alpha value is -0.420. The number of hydrogen-bond donors (Lipinski definition) is 1. The van der Waals surface area contributed by atoms with Gasteiger partial charge in [0.05, 0.1) is 0 Å². The highest BCUT2D eigenvalue weighted by Gasteiger charge is 2.30. The summed E-state index contributed by atoms with van der Waals surface area (Å²) < 4.78 is 0. The van der Waals surface area contributed by atoms with Crippen LogP contribution in [0, 0.1) is 5.92 Å². The molecule has 1 aliphatic heterocycles. The zero-order valence-electron chi connectivity index (χ0n) is 12.4. The Labute approximate surface area is 121 Å². The summed E-state index contributed by atoms with van der Waals surface area (Å²) >= 11 is 1.79. The molecule has 1 aromatic rings. The summed E-state index contributed by atoms with van der Waals surface area (Å²) in [6, 6.07) is 2.95. The van der Waals surface area contributed by atoms with Crippen LogP contribution in [0.3, 0.4) is 0 Å². The minimum Gasteiger partial charge on any atom is -0.315 e. The number of likely N-dealkylation sites (tertiary alicyclic amines) is 1. The second kappa shape index (κ2) is 7.39. The SMILES string of the molecule is CC1CN(CCNCCc2ccsc2)CC1N(C)C. The number of likely N-dealkylation sites (N-methyl/N-ethyl adjacent to an activating group) is 1. The predicted octanol–water partition coefficient (Wildman–Crippen LogP) is 1.76. The Morgan fingerprint density at radius 2 is 2.21 bits per heavy atom. The van der Waals surface area contributed by atoms with Gasteiger partial charge in [0.1, 0.15) is 0 Å². The van der Waals surface area contributed by atoms with Crippen LogP contribution in [0.4, 0.5) is 0 Å². The Morgan fingerprint density at radius 3 is 2.84 bits per heavy atom. The Balaban J connectivity index is 1.57. The maximum absolute atomic E-state index is 3.56. The molecule has 1 N–H and O–H groups in total. The van der Waals surface area contributed by atoms with Crippen LogP contribution >= 0.6 is 11.3 Å². The second-order valence-corrected chi connectivity index (χ2v) is 6.68. The molecule has 2 atom stereocenters. The normalized spacial score (nSPS) is 24.4. The highest BCUT2D eigenvalue weighted by molar-refractivity contribution is 7.07. The van der Waals surface area contributed by atoms with Crippen molar-refractivity contribution >= 4 is 11.3 Å². The van der Waals surface area contributed by atoms with Gasteiger partial charge >= 0.3 is 0 Å². The molecule has 0 spiro atoms. The van der Waals surface area contributed by atoms with E-state index < -0.39 is 0 Å². The van der Waals surface area contributed by atoms with Crippen molar-refractivity contribution in [2.24, 2.45) is 5.92 Å². The fourth-order valence-corrected chi connectivity index (χ4v) is 3.64. The number of hydrogen-bond acceptors (Lipinski definition) is 4. The third-order valence-electron chi connectivity index (χ3n) is 4.09. The van der Waals surface area contributed by atoms with Crippen LogP contribution in [0.25, 0.3) is 0 Å². The van der Waals surface area contributed by atoms with Crippen molar-refractivity contribution in [1.29, 1.82) is 0 Å². The van der Waals surface area contributed by atoms with Crippen LogP contribution in [0.1, 0.15) is 12.5 Å². The van der Waals surface area contributed by atoms with Gasteiger partial charge in [-0.2, -0.15) is 11.3 Å². The molecule has 1 saturated heterocycles. The fourth-order valence-electron chi connectivity index (χ4n) is 2.93. The lowest BCUT2D eigenvalue weighted by Gasteiger charge is -2.22. The van der Waals surface area contributed by atoms with Crippen LogP contribution in [0.5, 0.6) is 0 Å². The summed E-state index contributed by atoms with van der Waals surface area (Å²) in [4.78, 5) is 4.96. The summed E-state index contributed by atoms with van der Waals surface area (Å²) in [6.45, 7) is 8.22. The van der Waals surface area contributed by atoms with Crippen LogP contribution in [-0.4, -0.2) is 62.7 Å². The van der Waals surface area contributed by atoms with E-state index in [0.29, 0.717) is 0 Å². The minimum absolute atomic E-state index is 0.728. The molecule has 3 nitrogen and oxygen atoms in total. The number of rotatable bonds is 7. The Morgan fingerprint density at radius 1 is 1.37 bits per heavy atom. The molecule has 2 heterocycles. The van der Waals surface area contributed by atoms with Crippen molar-refractivity contribution in [2.75, 3.05) is 46.8 Å². The van der Waals surface area contributed by atoms with Gasteiger partial charge in [-0.05, 0) is 55.4 Å². The molecule has 0 amide bonds. The average molecular weight is 281 g/mol. The molecule has 2 unspecified atom stereocenters. The van der Waals surface area contributed by atoms with Crippen molar-refractivity contribution in [3.05, 3.63) is 22.4 Å². The topological polar surface area (TPSA) is 18.5 Å². The van der Waals surface area contributed by atoms with E-state index in [1.54, 1.807) is 11.3 Å². The maximum atomic E-state index is 3.56. The van der Waals surface area contributed by atoms with E-state index in [2.05, 4.69) is 53.0 Å². The molecule has 1 aromatic heterocycles. The monoisotopic (exact) mass is 281 g/mol. The van der Waals surface area contributed by atoms with Gasteiger partial charge in [0, 0.05) is 32.2 Å². The third-order valence-corrected chi connectivity index (χ3v) is 4.82. The molecule has 0 aromatic carbocycles. The van der Waals surface area contributed by atoms with Gasteiger partial charge in [-0.3, -0.25) is 0 Å². The van der Waals surface area contributed by atoms with Crippen LogP contribution in [0.15, 0.2) is 16.8 Å². The number of nitrogens with zero attached hydrogens (tertiary/aromatic N) is 2. The van der Waals surface area contributed by atoms with Crippen molar-refractivity contribution in [3.8, 4) is 0 Å². The standard InChI is InChI=1S/C15H27N3S/c1-13-10-18(11-15(13)17(2)3)8-7-16-6-4-14-5-9-19-12-14/h5,9,12-13,15-16H,4,6-8,10-11H2,1-3H3. The zero-order valence-corrected chi connectivity index (χ0v) is 13.2. The minimum atomic E-state index is 0.728. The van der Waals surface area contributed by atoms with E-state index >= 15 is 0 Å². The first kappa shape index (κ1) is 15.0. The summed E-state index contributed by atoms with van der Waals surface area (Å²) in [5.74, 6) is 0.792. The van der Waals surface area contributed by atoms with Gasteiger partial charge in [-0.1, -0.05) is 6.92 Å². The Bertz CT molecular complexity index is 350. The molecule has 1 fully saturated rings. The summed E-state index contributed by atoms with van der Waals surface area (Å²) in [7, 11) is 4.40. The van der Waals surface area contributed by atoms with Gasteiger partial charge in [0.15, 0.2) is 0 Å². The molecule has 108 valence electrons. The van der Waals surface area contributed by atoms with Crippen LogP contribution < -0.4 is 5.32 Å². The van der Waals surface area contributed by atoms with Gasteiger partial charge in [0.2, 0.25) is 0 Å². The lowest BCUT2D eigenvalue weighted by molar-refractivity contribution is 0.252. The van der Waals surface area contributed by atoms with E-state index in [-0.39, 0.29) is 0 Å². The van der Waals surface area contributed by atoms with E-state index in [1.165, 1.54) is 25.2 Å². The lowest BCUT2D eigenvalue weighted by atomic mass is 10.1. The van der Waals surface area contributed by atoms with Gasteiger partial charge in [-0.25, -0.2) is 0 Å². The van der Waals surface area contributed by atoms with E-state index in [1.807, 2.05) is 0 Å². The quantitative estimate of drug-likeness (QED) is 0.768. The van der Waals surface area contributed by atoms with E-state index in [0.717, 1.165) is 31.5 Å². The molecular formula is C15H27N3S. The Kier molecular flexibility index (Phi) is 5.82. The molecule has 0 aliphatic carbocycles. The molecule has 1 aliphatic rings. The highest BCUT2D eigenvalue weighted by Crippen LogP contribution is 2.19. The molecular weight excluding hydrogens is 254 g/mol. The van der Waals surface area contributed by atoms with Crippen LogP contribution in [0.2, 0.25) is 0 Å². The van der Waals surface area contributed by atoms with Gasteiger partial charge in [-0.15, -0.1) is 0 Å². The lowest BCUT2D eigenvalue weighted by Crippen LogP contribution is -2.36. The highest BCUT2D eigenvalue weighted by atomic mass is 32.1. The smallest absolute Gasteiger partial charge is 0.0254 e. The first-order chi connectivity index (χ1) is 9.16. The third kappa shape index (κ3) is 4.56. The molecule has 0 radical (unpaired) electrons.